The largest absolute Gasteiger partial charge is 0.391 e. The fourth-order valence-corrected chi connectivity index (χ4v) is 1.61. The van der Waals surface area contributed by atoms with Gasteiger partial charge in [-0.15, -0.1) is 0 Å². The monoisotopic (exact) mass is 185 g/mol. The smallest absolute Gasteiger partial charge is 0.225 e. The van der Waals surface area contributed by atoms with E-state index >= 15 is 0 Å². The van der Waals surface area contributed by atoms with E-state index in [2.05, 4.69) is 0 Å². The molecule has 1 saturated heterocycles. The first-order valence-electron chi connectivity index (χ1n) is 4.99. The number of aliphatic hydroxyl groups is 1. The first kappa shape index (κ1) is 10.5. The summed E-state index contributed by atoms with van der Waals surface area (Å²) in [5.74, 6) is 0.530. The highest BCUT2D eigenvalue weighted by atomic mass is 16.3. The summed E-state index contributed by atoms with van der Waals surface area (Å²) in [6, 6.07) is 0. The van der Waals surface area contributed by atoms with Crippen molar-refractivity contribution in [2.24, 2.45) is 11.8 Å². The Morgan fingerprint density at radius 3 is 2.62 bits per heavy atom. The van der Waals surface area contributed by atoms with Crippen LogP contribution in [0.5, 0.6) is 0 Å². The average molecular weight is 185 g/mol. The van der Waals surface area contributed by atoms with E-state index in [4.69, 9.17) is 0 Å². The van der Waals surface area contributed by atoms with Crippen LogP contribution in [0.3, 0.4) is 0 Å². The number of rotatable bonds is 1. The molecule has 0 aromatic carbocycles. The van der Waals surface area contributed by atoms with Crippen LogP contribution in [0, 0.1) is 11.8 Å². The molecule has 0 spiro atoms. The third-order valence-corrected chi connectivity index (χ3v) is 2.72. The molecule has 0 aliphatic carbocycles. The van der Waals surface area contributed by atoms with Gasteiger partial charge in [0.1, 0.15) is 0 Å². The van der Waals surface area contributed by atoms with Gasteiger partial charge >= 0.3 is 0 Å². The Balaban J connectivity index is 2.50. The molecule has 0 aromatic heterocycles. The summed E-state index contributed by atoms with van der Waals surface area (Å²) in [5, 5.41) is 9.58. The minimum atomic E-state index is -0.337. The van der Waals surface area contributed by atoms with Crippen LogP contribution in [-0.4, -0.2) is 35.1 Å². The molecule has 3 nitrogen and oxygen atoms in total. The number of likely N-dealkylation sites (tertiary alicyclic amines) is 1. The Kier molecular flexibility index (Phi) is 3.31. The molecule has 13 heavy (non-hydrogen) atoms. The number of amides is 1. The molecule has 0 saturated carbocycles. The predicted molar refractivity (Wildman–Crippen MR) is 51.2 cm³/mol. The van der Waals surface area contributed by atoms with Crippen molar-refractivity contribution in [1.29, 1.82) is 0 Å². The number of aliphatic hydroxyl groups excluding tert-OH is 1. The summed E-state index contributed by atoms with van der Waals surface area (Å²) >= 11 is 0. The molecule has 2 atom stereocenters. The van der Waals surface area contributed by atoms with Gasteiger partial charge in [-0.3, -0.25) is 4.79 Å². The van der Waals surface area contributed by atoms with Crippen LogP contribution in [-0.2, 0) is 4.79 Å². The van der Waals surface area contributed by atoms with Crippen molar-refractivity contribution in [3.8, 4) is 0 Å². The summed E-state index contributed by atoms with van der Waals surface area (Å²) in [6.07, 6.45) is 0.580. The van der Waals surface area contributed by atoms with E-state index in [1.165, 1.54) is 0 Å². The number of hydrogen-bond acceptors (Lipinski definition) is 2. The van der Waals surface area contributed by atoms with Crippen molar-refractivity contribution in [3.05, 3.63) is 0 Å². The molecule has 0 aromatic rings. The van der Waals surface area contributed by atoms with Crippen molar-refractivity contribution in [2.75, 3.05) is 13.1 Å². The lowest BCUT2D eigenvalue weighted by molar-refractivity contribution is -0.138. The van der Waals surface area contributed by atoms with Gasteiger partial charge in [-0.05, 0) is 12.3 Å². The third kappa shape index (κ3) is 2.44. The highest BCUT2D eigenvalue weighted by molar-refractivity contribution is 5.78. The van der Waals surface area contributed by atoms with Crippen molar-refractivity contribution >= 4 is 5.91 Å². The number of piperidine rings is 1. The lowest BCUT2D eigenvalue weighted by Crippen LogP contribution is -2.47. The first-order valence-corrected chi connectivity index (χ1v) is 4.99. The van der Waals surface area contributed by atoms with E-state index in [0.29, 0.717) is 12.5 Å². The molecule has 76 valence electrons. The molecule has 1 N–H and O–H groups in total. The van der Waals surface area contributed by atoms with E-state index < -0.39 is 0 Å². The van der Waals surface area contributed by atoms with Crippen LogP contribution >= 0.6 is 0 Å². The van der Waals surface area contributed by atoms with Gasteiger partial charge in [0.2, 0.25) is 5.91 Å². The maximum atomic E-state index is 11.6. The molecule has 3 heteroatoms. The quantitative estimate of drug-likeness (QED) is 0.658. The fraction of sp³-hybridized carbons (Fsp3) is 0.900. The van der Waals surface area contributed by atoms with E-state index in [0.717, 1.165) is 13.0 Å². The van der Waals surface area contributed by atoms with Crippen LogP contribution in [0.1, 0.15) is 27.2 Å². The van der Waals surface area contributed by atoms with Crippen LogP contribution < -0.4 is 0 Å². The normalized spacial score (nSPS) is 29.5. The molecule has 0 bridgehead atoms. The zero-order valence-corrected chi connectivity index (χ0v) is 8.66. The lowest BCUT2D eigenvalue weighted by Gasteiger charge is -2.35. The van der Waals surface area contributed by atoms with Crippen molar-refractivity contribution < 1.29 is 9.90 Å². The molecule has 1 rings (SSSR count). The number of nitrogens with zero attached hydrogens (tertiary/aromatic N) is 1. The van der Waals surface area contributed by atoms with Crippen molar-refractivity contribution in [2.45, 2.75) is 33.3 Å². The Morgan fingerprint density at radius 1 is 1.54 bits per heavy atom. The minimum Gasteiger partial charge on any atom is -0.391 e. The molecule has 0 unspecified atom stereocenters. The average Bonchev–Trinajstić information content (AvgIpc) is 2.08. The van der Waals surface area contributed by atoms with Gasteiger partial charge in [0, 0.05) is 19.0 Å². The Hall–Kier alpha value is -0.570. The Morgan fingerprint density at radius 2 is 2.15 bits per heavy atom. The van der Waals surface area contributed by atoms with E-state index in [1.54, 1.807) is 4.90 Å². The standard InChI is InChI=1S/C10H19NO2/c1-7(2)10(13)11-5-4-8(3)9(12)6-11/h7-9,12H,4-6H2,1-3H3/t8-,9-/m1/s1. The molecule has 1 heterocycles. The molecule has 1 fully saturated rings. The van der Waals surface area contributed by atoms with Crippen LogP contribution in [0.25, 0.3) is 0 Å². The molecule has 0 radical (unpaired) electrons. The fourth-order valence-electron chi connectivity index (χ4n) is 1.61. The van der Waals surface area contributed by atoms with Crippen molar-refractivity contribution in [3.63, 3.8) is 0 Å². The summed E-state index contributed by atoms with van der Waals surface area (Å²) in [7, 11) is 0. The lowest BCUT2D eigenvalue weighted by atomic mass is 9.95. The van der Waals surface area contributed by atoms with Crippen LogP contribution in [0.2, 0.25) is 0 Å². The first-order chi connectivity index (χ1) is 6.02. The minimum absolute atomic E-state index is 0.0422. The van der Waals surface area contributed by atoms with E-state index in [1.807, 2.05) is 20.8 Å². The van der Waals surface area contributed by atoms with Crippen molar-refractivity contribution in [1.82, 2.24) is 4.90 Å². The topological polar surface area (TPSA) is 40.5 Å². The maximum absolute atomic E-state index is 11.6. The van der Waals surface area contributed by atoms with Gasteiger partial charge in [0.25, 0.3) is 0 Å². The summed E-state index contributed by atoms with van der Waals surface area (Å²) in [6.45, 7) is 7.13. The summed E-state index contributed by atoms with van der Waals surface area (Å²) in [5.41, 5.74) is 0. The van der Waals surface area contributed by atoms with Gasteiger partial charge in [-0.1, -0.05) is 20.8 Å². The highest BCUT2D eigenvalue weighted by Gasteiger charge is 2.27. The summed E-state index contributed by atoms with van der Waals surface area (Å²) in [4.78, 5) is 13.3. The zero-order chi connectivity index (χ0) is 10.0. The zero-order valence-electron chi connectivity index (χ0n) is 8.66. The van der Waals surface area contributed by atoms with Gasteiger partial charge in [-0.2, -0.15) is 0 Å². The Bertz CT molecular complexity index is 191. The molecule has 1 aliphatic heterocycles. The van der Waals surface area contributed by atoms with E-state index in [9.17, 15) is 9.90 Å². The van der Waals surface area contributed by atoms with Gasteiger partial charge in [-0.25, -0.2) is 0 Å². The van der Waals surface area contributed by atoms with Crippen LogP contribution in [0.15, 0.2) is 0 Å². The number of carbonyl (C=O) groups excluding carboxylic acids is 1. The molecule has 1 aliphatic rings. The second kappa shape index (κ2) is 4.09. The predicted octanol–water partition coefficient (Wildman–Crippen LogP) is 0.872. The second-order valence-electron chi connectivity index (χ2n) is 4.27. The molecular weight excluding hydrogens is 166 g/mol. The SMILES string of the molecule is CC(C)C(=O)N1CC[C@@H](C)[C@H](O)C1. The second-order valence-corrected chi connectivity index (χ2v) is 4.27. The third-order valence-electron chi connectivity index (χ3n) is 2.72. The molecule has 1 amide bonds. The highest BCUT2D eigenvalue weighted by Crippen LogP contribution is 2.18. The number of β-amino-alcohol motifs (C(OH)–C–C–N with tert-alkyl or cyclic N) is 1. The molecular formula is C10H19NO2. The number of carbonyl (C=O) groups is 1. The van der Waals surface area contributed by atoms with Gasteiger partial charge in [0.15, 0.2) is 0 Å². The Labute approximate surface area is 79.7 Å². The van der Waals surface area contributed by atoms with Gasteiger partial charge in [0.05, 0.1) is 6.10 Å². The number of hydrogen-bond donors (Lipinski definition) is 1. The maximum Gasteiger partial charge on any atom is 0.225 e. The van der Waals surface area contributed by atoms with E-state index in [-0.39, 0.29) is 17.9 Å². The van der Waals surface area contributed by atoms with Crippen LogP contribution in [0.4, 0.5) is 0 Å². The summed E-state index contributed by atoms with van der Waals surface area (Å²) < 4.78 is 0. The van der Waals surface area contributed by atoms with Gasteiger partial charge < -0.3 is 10.0 Å².